The lowest BCUT2D eigenvalue weighted by Crippen LogP contribution is -2.42. The van der Waals surface area contributed by atoms with Crippen LogP contribution >= 0.6 is 0 Å². The van der Waals surface area contributed by atoms with Gasteiger partial charge in [0.15, 0.2) is 0 Å². The number of esters is 2. The van der Waals surface area contributed by atoms with E-state index in [0.717, 1.165) is 54.0 Å². The predicted octanol–water partition coefficient (Wildman–Crippen LogP) is 10.9. The van der Waals surface area contributed by atoms with Crippen LogP contribution in [0.3, 0.4) is 0 Å². The molecule has 3 aliphatic rings. The Morgan fingerprint density at radius 1 is 1.00 bits per heavy atom. The maximum Gasteiger partial charge on any atom is 0.319 e. The molecule has 2 aliphatic carbocycles. The van der Waals surface area contributed by atoms with Crippen molar-refractivity contribution in [3.8, 4) is 5.75 Å². The van der Waals surface area contributed by atoms with Crippen LogP contribution in [-0.4, -0.2) is 18.5 Å². The van der Waals surface area contributed by atoms with Gasteiger partial charge in [0.2, 0.25) is 0 Å². The van der Waals surface area contributed by atoms with Crippen molar-refractivity contribution in [2.75, 3.05) is 6.61 Å². The van der Waals surface area contributed by atoms with Gasteiger partial charge in [-0.1, -0.05) is 125 Å². The van der Waals surface area contributed by atoms with Crippen LogP contribution in [0.2, 0.25) is 0 Å². The molecule has 0 radical (unpaired) electrons. The van der Waals surface area contributed by atoms with Gasteiger partial charge in [-0.15, -0.1) is 0 Å². The number of aryl methyl sites for hydroxylation is 1. The zero-order valence-corrected chi connectivity index (χ0v) is 29.4. The summed E-state index contributed by atoms with van der Waals surface area (Å²) in [5.74, 6) is 2.53. The highest BCUT2D eigenvalue weighted by atomic mass is 16.5. The van der Waals surface area contributed by atoms with Crippen LogP contribution in [0.25, 0.3) is 0 Å². The highest BCUT2D eigenvalue weighted by Crippen LogP contribution is 2.57. The Morgan fingerprint density at radius 3 is 2.41 bits per heavy atom. The summed E-state index contributed by atoms with van der Waals surface area (Å²) in [5.41, 5.74) is 3.52. The number of hydrogen-bond acceptors (Lipinski definition) is 4. The Balaban J connectivity index is 1.50. The van der Waals surface area contributed by atoms with Crippen molar-refractivity contribution in [2.24, 2.45) is 29.1 Å². The number of unbranched alkanes of at least 4 members (excludes halogenated alkanes) is 1. The van der Waals surface area contributed by atoms with Gasteiger partial charge < -0.3 is 9.47 Å². The number of fused-ring (bicyclic) bond motifs is 1. The van der Waals surface area contributed by atoms with Crippen LogP contribution in [0.15, 0.2) is 12.1 Å². The van der Waals surface area contributed by atoms with Gasteiger partial charge in [0.05, 0.1) is 12.5 Å². The summed E-state index contributed by atoms with van der Waals surface area (Å²) in [6.45, 7) is 16.5. The van der Waals surface area contributed by atoms with Gasteiger partial charge in [-0.3, -0.25) is 9.59 Å². The van der Waals surface area contributed by atoms with Gasteiger partial charge in [-0.25, -0.2) is 0 Å². The van der Waals surface area contributed by atoms with E-state index < -0.39 is 0 Å². The third kappa shape index (κ3) is 8.30. The van der Waals surface area contributed by atoms with Gasteiger partial charge in [0.1, 0.15) is 5.75 Å². The molecule has 1 aliphatic heterocycles. The normalized spacial score (nSPS) is 28.8. The second kappa shape index (κ2) is 15.6. The minimum absolute atomic E-state index is 0.0631. The first-order valence-electron chi connectivity index (χ1n) is 18.5. The highest BCUT2D eigenvalue weighted by molar-refractivity contribution is 5.87. The van der Waals surface area contributed by atoms with E-state index in [1.807, 2.05) is 0 Å². The zero-order chi connectivity index (χ0) is 31.9. The summed E-state index contributed by atoms with van der Waals surface area (Å²) < 4.78 is 11.9. The van der Waals surface area contributed by atoms with E-state index in [1.165, 1.54) is 70.6 Å². The molecule has 2 fully saturated rings. The van der Waals surface area contributed by atoms with Crippen molar-refractivity contribution < 1.29 is 19.1 Å². The average molecular weight is 609 g/mol. The second-order valence-electron chi connectivity index (χ2n) is 16.0. The SMILES string of the molecule is CCCCC(CC)COC(=O)CCc1cc2c(c(C(C)(C)C)c1)OC(=O)C2C1CCC2(CCCCCCCCC2C)C(C)C1. The maximum absolute atomic E-state index is 13.7. The zero-order valence-electron chi connectivity index (χ0n) is 29.4. The molecular weight excluding hydrogens is 544 g/mol. The smallest absolute Gasteiger partial charge is 0.319 e. The third-order valence-corrected chi connectivity index (χ3v) is 12.0. The van der Waals surface area contributed by atoms with Gasteiger partial charge in [-0.05, 0) is 78.6 Å². The fraction of sp³-hybridized carbons (Fsp3) is 0.800. The molecule has 0 amide bonds. The minimum atomic E-state index is -0.198. The van der Waals surface area contributed by atoms with Crippen molar-refractivity contribution in [1.29, 1.82) is 0 Å². The average Bonchev–Trinajstić information content (AvgIpc) is 3.32. The number of carbonyl (C=O) groups excluding carboxylic acids is 2. The molecule has 4 heteroatoms. The Bertz CT molecular complexity index is 1100. The quantitative estimate of drug-likeness (QED) is 0.196. The second-order valence-corrected chi connectivity index (χ2v) is 16.0. The largest absolute Gasteiger partial charge is 0.465 e. The summed E-state index contributed by atoms with van der Waals surface area (Å²) in [6.07, 6.45) is 19.9. The molecule has 1 aromatic rings. The van der Waals surface area contributed by atoms with Crippen molar-refractivity contribution in [2.45, 2.75) is 169 Å². The molecule has 0 N–H and O–H groups in total. The molecule has 6 atom stereocenters. The molecule has 1 heterocycles. The minimum Gasteiger partial charge on any atom is -0.465 e. The lowest BCUT2D eigenvalue weighted by molar-refractivity contribution is -0.145. The standard InChI is InChI=1S/C40H64O4/c1-8-10-18-30(9-2)27-43-35(41)20-19-31-25-33-36(38(42)44-37(33)34(26-31)39(5,6)7)32-21-23-40(29(4)24-32)22-16-14-12-11-13-15-17-28(40)3/h25-26,28-30,32,36H,8-24,27H2,1-7H3. The molecule has 0 aromatic heterocycles. The fourth-order valence-corrected chi connectivity index (χ4v) is 8.98. The first kappa shape index (κ1) is 35.0. The molecule has 4 rings (SSSR count). The topological polar surface area (TPSA) is 52.6 Å². The molecule has 44 heavy (non-hydrogen) atoms. The summed E-state index contributed by atoms with van der Waals surface area (Å²) >= 11 is 0. The third-order valence-electron chi connectivity index (χ3n) is 12.0. The van der Waals surface area contributed by atoms with E-state index in [0.29, 0.717) is 42.6 Å². The monoisotopic (exact) mass is 608 g/mol. The fourth-order valence-electron chi connectivity index (χ4n) is 8.98. The van der Waals surface area contributed by atoms with E-state index in [2.05, 4.69) is 60.6 Å². The Morgan fingerprint density at radius 2 is 1.73 bits per heavy atom. The van der Waals surface area contributed by atoms with Gasteiger partial charge in [0, 0.05) is 17.5 Å². The molecular formula is C40H64O4. The van der Waals surface area contributed by atoms with Crippen molar-refractivity contribution >= 4 is 11.9 Å². The van der Waals surface area contributed by atoms with Gasteiger partial charge >= 0.3 is 11.9 Å². The predicted molar refractivity (Wildman–Crippen MR) is 181 cm³/mol. The number of benzene rings is 1. The van der Waals surface area contributed by atoms with Crippen LogP contribution in [0.1, 0.15) is 174 Å². The maximum atomic E-state index is 13.7. The lowest BCUT2D eigenvalue weighted by Gasteiger charge is -2.51. The molecule has 4 nitrogen and oxygen atoms in total. The molecule has 0 saturated heterocycles. The van der Waals surface area contributed by atoms with Crippen LogP contribution in [0.5, 0.6) is 5.75 Å². The van der Waals surface area contributed by atoms with E-state index >= 15 is 0 Å². The molecule has 6 unspecified atom stereocenters. The van der Waals surface area contributed by atoms with E-state index in [4.69, 9.17) is 9.47 Å². The molecule has 1 aromatic carbocycles. The number of ether oxygens (including phenoxy) is 2. The first-order chi connectivity index (χ1) is 21.0. The molecule has 0 bridgehead atoms. The van der Waals surface area contributed by atoms with E-state index in [-0.39, 0.29) is 23.3 Å². The summed E-state index contributed by atoms with van der Waals surface area (Å²) in [5, 5.41) is 0. The van der Waals surface area contributed by atoms with Crippen LogP contribution in [0, 0.1) is 29.1 Å². The number of hydrogen-bond donors (Lipinski definition) is 0. The molecule has 248 valence electrons. The highest BCUT2D eigenvalue weighted by Gasteiger charge is 2.49. The van der Waals surface area contributed by atoms with Crippen LogP contribution in [-0.2, 0) is 26.2 Å². The Hall–Kier alpha value is -1.84. The van der Waals surface area contributed by atoms with Gasteiger partial charge in [-0.2, -0.15) is 0 Å². The van der Waals surface area contributed by atoms with E-state index in [9.17, 15) is 9.59 Å². The van der Waals surface area contributed by atoms with Gasteiger partial charge in [0.25, 0.3) is 0 Å². The number of rotatable bonds is 10. The van der Waals surface area contributed by atoms with Crippen molar-refractivity contribution in [3.63, 3.8) is 0 Å². The van der Waals surface area contributed by atoms with Crippen molar-refractivity contribution in [1.82, 2.24) is 0 Å². The summed E-state index contributed by atoms with van der Waals surface area (Å²) in [7, 11) is 0. The summed E-state index contributed by atoms with van der Waals surface area (Å²) in [4.78, 5) is 26.5. The van der Waals surface area contributed by atoms with E-state index in [1.54, 1.807) is 0 Å². The van der Waals surface area contributed by atoms with Crippen LogP contribution < -0.4 is 4.74 Å². The first-order valence-corrected chi connectivity index (χ1v) is 18.5. The van der Waals surface area contributed by atoms with Crippen LogP contribution in [0.4, 0.5) is 0 Å². The Labute approximate surface area is 269 Å². The molecule has 1 spiro atoms. The summed E-state index contributed by atoms with van der Waals surface area (Å²) in [6, 6.07) is 4.38. The molecule has 2 saturated carbocycles. The Kier molecular flexibility index (Phi) is 12.4. The number of carbonyl (C=O) groups is 2. The lowest BCUT2D eigenvalue weighted by atomic mass is 9.54. The van der Waals surface area contributed by atoms with Crippen molar-refractivity contribution in [3.05, 3.63) is 28.8 Å².